The maximum absolute atomic E-state index is 16.7. The summed E-state index contributed by atoms with van der Waals surface area (Å²) in [7, 11) is 1.14. The molecule has 0 aliphatic carbocycles. The number of nitrogens with one attached hydrogen (secondary N) is 1. The van der Waals surface area contributed by atoms with Crippen molar-refractivity contribution in [3.8, 4) is 23.0 Å². The number of methoxy groups -OCH3 is 1. The number of ether oxygens (including phenoxy) is 2. The molecule has 4 atom stereocenters. The fraction of sp³-hybridized carbons (Fsp3) is 0.567. The van der Waals surface area contributed by atoms with E-state index in [9.17, 15) is 17.6 Å². The van der Waals surface area contributed by atoms with E-state index >= 15 is 8.78 Å². The van der Waals surface area contributed by atoms with E-state index in [0.29, 0.717) is 26.1 Å². The molecule has 3 aromatic rings. The van der Waals surface area contributed by atoms with Crippen LogP contribution in [0.1, 0.15) is 43.2 Å². The van der Waals surface area contributed by atoms with Crippen LogP contribution in [-0.2, 0) is 6.18 Å². The first-order valence-electron chi connectivity index (χ1n) is 15.0. The van der Waals surface area contributed by atoms with Crippen LogP contribution < -0.4 is 25.4 Å². The molecule has 2 aromatic heterocycles. The Morgan fingerprint density at radius 1 is 1.09 bits per heavy atom. The number of anilines is 2. The number of rotatable bonds is 6. The molecule has 9 nitrogen and oxygen atoms in total. The fourth-order valence-electron chi connectivity index (χ4n) is 7.78. The predicted molar refractivity (Wildman–Crippen MR) is 161 cm³/mol. The summed E-state index contributed by atoms with van der Waals surface area (Å²) in [5, 5.41) is 3.36. The number of nitrogens with zero attached hydrogens (tertiary/aromatic N) is 5. The monoisotopic (exact) mass is 673 g/mol. The van der Waals surface area contributed by atoms with Crippen LogP contribution in [0.3, 0.4) is 0 Å². The van der Waals surface area contributed by atoms with Gasteiger partial charge in [-0.3, -0.25) is 4.90 Å². The number of benzene rings is 1. The Morgan fingerprint density at radius 3 is 2.48 bits per heavy atom. The van der Waals surface area contributed by atoms with Crippen molar-refractivity contribution in [3.05, 3.63) is 28.8 Å². The van der Waals surface area contributed by atoms with Gasteiger partial charge >= 0.3 is 12.2 Å². The molecule has 7 rings (SSSR count). The number of piperazine rings is 1. The number of fused-ring (bicyclic) bond motifs is 4. The summed E-state index contributed by atoms with van der Waals surface area (Å²) in [5.41, 5.74) is 0.950. The van der Waals surface area contributed by atoms with Crippen molar-refractivity contribution in [3.63, 3.8) is 0 Å². The highest BCUT2D eigenvalue weighted by Gasteiger charge is 2.49. The lowest BCUT2D eigenvalue weighted by atomic mass is 9.95. The highest BCUT2D eigenvalue weighted by Crippen LogP contribution is 2.47. The molecule has 4 fully saturated rings. The van der Waals surface area contributed by atoms with Crippen molar-refractivity contribution in [2.24, 2.45) is 0 Å². The molecule has 1 aromatic carbocycles. The van der Waals surface area contributed by atoms with Gasteiger partial charge in [-0.05, 0) is 50.8 Å². The first-order valence-corrected chi connectivity index (χ1v) is 15.0. The first kappa shape index (κ1) is 32.6. The smallest absolute Gasteiger partial charge is 0.418 e. The van der Waals surface area contributed by atoms with Crippen molar-refractivity contribution < 1.29 is 35.8 Å². The van der Waals surface area contributed by atoms with E-state index in [4.69, 9.17) is 15.2 Å². The zero-order valence-electron chi connectivity index (χ0n) is 25.2. The zero-order valence-corrected chi connectivity index (χ0v) is 26.0. The number of halogens is 7. The Bertz CT molecular complexity index is 1670. The van der Waals surface area contributed by atoms with E-state index < -0.39 is 57.6 Å². The largest absolute Gasteiger partial charge is 0.493 e. The molecule has 4 aliphatic rings. The summed E-state index contributed by atoms with van der Waals surface area (Å²) in [5.74, 6) is -3.51. The Kier molecular flexibility index (Phi) is 8.33. The molecular weight excluding hydrogens is 640 g/mol. The molecule has 6 heterocycles. The second kappa shape index (κ2) is 11.7. The third kappa shape index (κ3) is 5.33. The van der Waals surface area contributed by atoms with E-state index in [1.54, 1.807) is 0 Å². The van der Waals surface area contributed by atoms with E-state index in [0.717, 1.165) is 45.9 Å². The van der Waals surface area contributed by atoms with Crippen LogP contribution in [-0.4, -0.2) is 83.5 Å². The number of alkyl halides is 4. The van der Waals surface area contributed by atoms with E-state index in [1.165, 1.54) is 0 Å². The van der Waals surface area contributed by atoms with Crippen LogP contribution in [0.2, 0.25) is 0 Å². The molecular formula is C30H34ClF6N7O2. The molecule has 3 N–H and O–H groups in total. The van der Waals surface area contributed by atoms with Crippen LogP contribution in [0.5, 0.6) is 11.8 Å². The third-order valence-corrected chi connectivity index (χ3v) is 9.65. The van der Waals surface area contributed by atoms with Gasteiger partial charge in [-0.15, -0.1) is 12.4 Å². The SMILES string of the molecule is COc1c(F)c(-c2nc(N)cc(C)c2C(F)(F)F)c(F)c2nc(OC[C@@]34CCCN3C[C@H](F)C4)nc(N3C[C@H]4CC[C@@H](C3)N4)c12.Cl. The van der Waals surface area contributed by atoms with Crippen molar-refractivity contribution in [2.45, 2.75) is 69.0 Å². The van der Waals surface area contributed by atoms with E-state index in [-0.39, 0.29) is 66.1 Å². The van der Waals surface area contributed by atoms with Crippen LogP contribution in [0, 0.1) is 18.6 Å². The minimum Gasteiger partial charge on any atom is -0.493 e. The fourth-order valence-corrected chi connectivity index (χ4v) is 7.78. The van der Waals surface area contributed by atoms with Gasteiger partial charge in [0.2, 0.25) is 0 Å². The number of aromatic nitrogens is 3. The molecule has 0 radical (unpaired) electrons. The number of nitrogens with two attached hydrogens (primary N) is 1. The minimum absolute atomic E-state index is 0. The zero-order chi connectivity index (χ0) is 31.8. The van der Waals surface area contributed by atoms with Crippen molar-refractivity contribution in [1.29, 1.82) is 0 Å². The van der Waals surface area contributed by atoms with Crippen molar-refractivity contribution in [2.75, 3.05) is 50.5 Å². The number of hydrogen-bond donors (Lipinski definition) is 2. The molecule has 46 heavy (non-hydrogen) atoms. The molecule has 0 saturated carbocycles. The Balaban J connectivity index is 0.00000372. The molecule has 0 unspecified atom stereocenters. The predicted octanol–water partition coefficient (Wildman–Crippen LogP) is 5.21. The Morgan fingerprint density at radius 2 is 1.80 bits per heavy atom. The van der Waals surface area contributed by atoms with Crippen LogP contribution in [0.15, 0.2) is 6.07 Å². The van der Waals surface area contributed by atoms with E-state index in [2.05, 4.69) is 20.3 Å². The molecule has 4 saturated heterocycles. The Hall–Kier alpha value is -3.30. The highest BCUT2D eigenvalue weighted by atomic mass is 35.5. The summed E-state index contributed by atoms with van der Waals surface area (Å²) < 4.78 is 102. The van der Waals surface area contributed by atoms with Gasteiger partial charge in [0.1, 0.15) is 29.9 Å². The average Bonchev–Trinajstić information content (AvgIpc) is 3.61. The average molecular weight is 674 g/mol. The van der Waals surface area contributed by atoms with Crippen LogP contribution in [0.25, 0.3) is 22.2 Å². The quantitative estimate of drug-likeness (QED) is 0.342. The van der Waals surface area contributed by atoms with E-state index in [1.807, 2.05) is 9.80 Å². The van der Waals surface area contributed by atoms with Gasteiger partial charge < -0.3 is 25.4 Å². The number of nitrogen functional groups attached to an aromatic ring is 1. The van der Waals surface area contributed by atoms with Gasteiger partial charge in [-0.25, -0.2) is 18.2 Å². The van der Waals surface area contributed by atoms with Gasteiger partial charge in [0.25, 0.3) is 0 Å². The lowest BCUT2D eigenvalue weighted by molar-refractivity contribution is -0.137. The van der Waals surface area contributed by atoms with Gasteiger partial charge in [-0.2, -0.15) is 23.1 Å². The van der Waals surface area contributed by atoms with Crippen molar-refractivity contribution in [1.82, 2.24) is 25.2 Å². The minimum atomic E-state index is -5.01. The van der Waals surface area contributed by atoms with Gasteiger partial charge in [0.05, 0.1) is 34.9 Å². The number of pyridine rings is 1. The Labute approximate surface area is 267 Å². The summed E-state index contributed by atoms with van der Waals surface area (Å²) in [6.45, 7) is 3.11. The first-order chi connectivity index (χ1) is 21.4. The highest BCUT2D eigenvalue weighted by molar-refractivity contribution is 5.99. The normalized spacial score (nSPS) is 26.0. The summed E-state index contributed by atoms with van der Waals surface area (Å²) in [4.78, 5) is 16.6. The van der Waals surface area contributed by atoms with Crippen LogP contribution >= 0.6 is 12.4 Å². The molecule has 2 bridgehead atoms. The van der Waals surface area contributed by atoms with Crippen molar-refractivity contribution >= 4 is 34.9 Å². The standard InChI is InChI=1S/C30H33F6N7O2.ClH/c1-14-8-18(37)39-24(21(14)30(34,35)36)19-22(32)25-20(26(44-2)23(19)33)27(42-11-16-4-5-17(12-42)38-16)41-28(40-25)45-13-29-6-3-7-43(29)10-15(31)9-29;/h8,15-17,38H,3-7,9-13H2,1-2H3,(H2,37,39);1H/t15-,16-,17+,29+;/m1./s1. The topological polar surface area (TPSA) is 102 Å². The second-order valence-corrected chi connectivity index (χ2v) is 12.6. The molecule has 0 amide bonds. The van der Waals surface area contributed by atoms with Gasteiger partial charge in [0.15, 0.2) is 17.4 Å². The summed E-state index contributed by atoms with van der Waals surface area (Å²) >= 11 is 0. The van der Waals surface area contributed by atoms with Gasteiger partial charge in [0, 0.05) is 38.1 Å². The van der Waals surface area contributed by atoms with Crippen LogP contribution in [0.4, 0.5) is 38.0 Å². The van der Waals surface area contributed by atoms with Gasteiger partial charge in [-0.1, -0.05) is 0 Å². The number of aryl methyl sites for hydroxylation is 1. The molecule has 4 aliphatic heterocycles. The number of hydrogen-bond acceptors (Lipinski definition) is 9. The lowest BCUT2D eigenvalue weighted by Crippen LogP contribution is -2.51. The molecule has 250 valence electrons. The summed E-state index contributed by atoms with van der Waals surface area (Å²) in [6, 6.07) is 0.955. The lowest BCUT2D eigenvalue weighted by Gasteiger charge is -2.35. The maximum Gasteiger partial charge on any atom is 0.418 e. The molecule has 16 heteroatoms. The summed E-state index contributed by atoms with van der Waals surface area (Å²) in [6.07, 6.45) is -2.37. The maximum atomic E-state index is 16.7. The molecule has 0 spiro atoms. The third-order valence-electron chi connectivity index (χ3n) is 9.65. The second-order valence-electron chi connectivity index (χ2n) is 12.6.